The van der Waals surface area contributed by atoms with Gasteiger partial charge in [-0.15, -0.1) is 0 Å². The van der Waals surface area contributed by atoms with Gasteiger partial charge in [0.25, 0.3) is 5.92 Å². The van der Waals surface area contributed by atoms with E-state index in [4.69, 9.17) is 0 Å². The van der Waals surface area contributed by atoms with Crippen molar-refractivity contribution in [2.45, 2.75) is 39.5 Å². The Balaban J connectivity index is 2.25. The SMILES string of the molecule is C/C=C1\[C@H]2CC[C@@H](C)C(F)(F)C2[C@H]1C. The van der Waals surface area contributed by atoms with E-state index in [0.717, 1.165) is 6.42 Å². The highest BCUT2D eigenvalue weighted by atomic mass is 19.3. The standard InChI is InChI=1S/C12H18F2/c1-4-9-8(3)11-10(9)6-5-7(2)12(11,13)14/h4,7-8,10-11H,5-6H2,1-3H3/b9-4-/t7-,8+,10-,11?/m1/s1. The molecular weight excluding hydrogens is 182 g/mol. The molecule has 0 saturated heterocycles. The summed E-state index contributed by atoms with van der Waals surface area (Å²) in [7, 11) is 0. The molecule has 0 aromatic heterocycles. The maximum atomic E-state index is 13.8. The van der Waals surface area contributed by atoms with Gasteiger partial charge in [-0.25, -0.2) is 8.78 Å². The molecule has 0 spiro atoms. The molecule has 2 aliphatic rings. The van der Waals surface area contributed by atoms with Crippen molar-refractivity contribution in [2.75, 3.05) is 0 Å². The molecule has 4 atom stereocenters. The molecule has 14 heavy (non-hydrogen) atoms. The van der Waals surface area contributed by atoms with Crippen molar-refractivity contribution >= 4 is 0 Å². The predicted octanol–water partition coefficient (Wildman–Crippen LogP) is 3.88. The van der Waals surface area contributed by atoms with Gasteiger partial charge >= 0.3 is 0 Å². The fraction of sp³-hybridized carbons (Fsp3) is 0.833. The minimum Gasteiger partial charge on any atom is -0.206 e. The van der Waals surface area contributed by atoms with Gasteiger partial charge in [0.1, 0.15) is 0 Å². The molecule has 0 amide bonds. The van der Waals surface area contributed by atoms with Crippen LogP contribution in [0.25, 0.3) is 0 Å². The van der Waals surface area contributed by atoms with Gasteiger partial charge in [-0.1, -0.05) is 25.5 Å². The van der Waals surface area contributed by atoms with Crippen LogP contribution in [-0.2, 0) is 0 Å². The number of hydrogen-bond donors (Lipinski definition) is 0. The summed E-state index contributed by atoms with van der Waals surface area (Å²) in [5, 5.41) is 0. The molecule has 0 aromatic carbocycles. The van der Waals surface area contributed by atoms with E-state index in [1.807, 2.05) is 19.9 Å². The van der Waals surface area contributed by atoms with Crippen LogP contribution in [0.15, 0.2) is 11.6 Å². The average Bonchev–Trinajstić information content (AvgIpc) is 2.09. The minimum atomic E-state index is -2.44. The Bertz CT molecular complexity index is 267. The first kappa shape index (κ1) is 10.1. The Labute approximate surface area is 84.4 Å². The predicted molar refractivity (Wildman–Crippen MR) is 53.2 cm³/mol. The summed E-state index contributed by atoms with van der Waals surface area (Å²) >= 11 is 0. The summed E-state index contributed by atoms with van der Waals surface area (Å²) in [4.78, 5) is 0. The zero-order valence-corrected chi connectivity index (χ0v) is 9.06. The lowest BCUT2D eigenvalue weighted by Gasteiger charge is -2.54. The zero-order chi connectivity index (χ0) is 10.5. The van der Waals surface area contributed by atoms with Gasteiger partial charge in [0, 0.05) is 11.8 Å². The van der Waals surface area contributed by atoms with Gasteiger partial charge in [-0.3, -0.25) is 0 Å². The minimum absolute atomic E-state index is 0.0998. The monoisotopic (exact) mass is 200 g/mol. The van der Waals surface area contributed by atoms with Crippen LogP contribution in [0.5, 0.6) is 0 Å². The Morgan fingerprint density at radius 3 is 2.50 bits per heavy atom. The number of alkyl halides is 2. The average molecular weight is 200 g/mol. The van der Waals surface area contributed by atoms with E-state index in [0.29, 0.717) is 6.42 Å². The number of rotatable bonds is 0. The summed E-state index contributed by atoms with van der Waals surface area (Å²) in [6, 6.07) is 0. The lowest BCUT2D eigenvalue weighted by molar-refractivity contribution is -0.178. The molecule has 2 fully saturated rings. The van der Waals surface area contributed by atoms with Crippen LogP contribution in [0.4, 0.5) is 8.78 Å². The van der Waals surface area contributed by atoms with E-state index in [-0.39, 0.29) is 17.8 Å². The molecule has 0 aliphatic heterocycles. The van der Waals surface area contributed by atoms with Crippen molar-refractivity contribution < 1.29 is 8.78 Å². The smallest absolute Gasteiger partial charge is 0.206 e. The van der Waals surface area contributed by atoms with Gasteiger partial charge in [0.05, 0.1) is 0 Å². The third kappa shape index (κ3) is 1.09. The third-order valence-electron chi connectivity index (χ3n) is 4.27. The summed E-state index contributed by atoms with van der Waals surface area (Å²) in [5.41, 5.74) is 1.27. The first-order valence-corrected chi connectivity index (χ1v) is 5.54. The normalized spacial score (nSPS) is 48.5. The fourth-order valence-electron chi connectivity index (χ4n) is 3.36. The highest BCUT2D eigenvalue weighted by Crippen LogP contribution is 2.60. The largest absolute Gasteiger partial charge is 0.254 e. The molecular formula is C12H18F2. The number of allylic oxidation sites excluding steroid dienone is 2. The molecule has 2 aliphatic carbocycles. The molecule has 2 rings (SSSR count). The second-order valence-electron chi connectivity index (χ2n) is 4.86. The molecule has 2 heteroatoms. The lowest BCUT2D eigenvalue weighted by Crippen LogP contribution is -2.55. The van der Waals surface area contributed by atoms with Crippen LogP contribution in [0.1, 0.15) is 33.6 Å². The second kappa shape index (κ2) is 3.04. The summed E-state index contributed by atoms with van der Waals surface area (Å²) in [5.74, 6) is -2.96. The van der Waals surface area contributed by atoms with Crippen LogP contribution in [-0.4, -0.2) is 5.92 Å². The van der Waals surface area contributed by atoms with Gasteiger partial charge < -0.3 is 0 Å². The Morgan fingerprint density at radius 1 is 1.29 bits per heavy atom. The highest BCUT2D eigenvalue weighted by Gasteiger charge is 2.60. The number of hydrogen-bond acceptors (Lipinski definition) is 0. The molecule has 1 unspecified atom stereocenters. The van der Waals surface area contributed by atoms with Crippen molar-refractivity contribution in [1.82, 2.24) is 0 Å². The van der Waals surface area contributed by atoms with Crippen LogP contribution < -0.4 is 0 Å². The summed E-state index contributed by atoms with van der Waals surface area (Å²) in [6.07, 6.45) is 3.68. The van der Waals surface area contributed by atoms with E-state index in [2.05, 4.69) is 0 Å². The molecule has 2 saturated carbocycles. The van der Waals surface area contributed by atoms with Crippen molar-refractivity contribution in [3.8, 4) is 0 Å². The first-order chi connectivity index (χ1) is 6.50. The van der Waals surface area contributed by atoms with E-state index < -0.39 is 11.8 Å². The lowest BCUT2D eigenvalue weighted by atomic mass is 9.52. The van der Waals surface area contributed by atoms with E-state index in [1.165, 1.54) is 5.57 Å². The third-order valence-corrected chi connectivity index (χ3v) is 4.27. The van der Waals surface area contributed by atoms with E-state index in [9.17, 15) is 8.78 Å². The maximum absolute atomic E-state index is 13.8. The van der Waals surface area contributed by atoms with Gasteiger partial charge in [0.15, 0.2) is 0 Å². The molecule has 0 heterocycles. The maximum Gasteiger partial charge on any atom is 0.254 e. The summed E-state index contributed by atoms with van der Waals surface area (Å²) in [6.45, 7) is 5.61. The fourth-order valence-corrected chi connectivity index (χ4v) is 3.36. The summed E-state index contributed by atoms with van der Waals surface area (Å²) < 4.78 is 27.7. The van der Waals surface area contributed by atoms with Crippen LogP contribution in [0.2, 0.25) is 0 Å². The number of fused-ring (bicyclic) bond motifs is 1. The molecule has 0 bridgehead atoms. The van der Waals surface area contributed by atoms with E-state index >= 15 is 0 Å². The van der Waals surface area contributed by atoms with Crippen molar-refractivity contribution in [2.24, 2.45) is 23.7 Å². The molecule has 80 valence electrons. The Morgan fingerprint density at radius 2 is 1.93 bits per heavy atom. The van der Waals surface area contributed by atoms with Gasteiger partial charge in [-0.05, 0) is 31.6 Å². The topological polar surface area (TPSA) is 0 Å². The van der Waals surface area contributed by atoms with Gasteiger partial charge in [-0.2, -0.15) is 0 Å². The molecule has 0 N–H and O–H groups in total. The van der Waals surface area contributed by atoms with Crippen molar-refractivity contribution in [1.29, 1.82) is 0 Å². The number of halogens is 2. The Kier molecular flexibility index (Phi) is 2.20. The highest BCUT2D eigenvalue weighted by molar-refractivity contribution is 5.26. The quantitative estimate of drug-likeness (QED) is 0.520. The van der Waals surface area contributed by atoms with Crippen molar-refractivity contribution in [3.05, 3.63) is 11.6 Å². The van der Waals surface area contributed by atoms with Crippen LogP contribution in [0.3, 0.4) is 0 Å². The molecule has 0 radical (unpaired) electrons. The zero-order valence-electron chi connectivity index (χ0n) is 9.06. The van der Waals surface area contributed by atoms with E-state index in [1.54, 1.807) is 6.92 Å². The molecule has 0 nitrogen and oxygen atoms in total. The Hall–Kier alpha value is -0.400. The van der Waals surface area contributed by atoms with Gasteiger partial charge in [0.2, 0.25) is 0 Å². The van der Waals surface area contributed by atoms with Crippen LogP contribution in [0, 0.1) is 23.7 Å². The van der Waals surface area contributed by atoms with Crippen molar-refractivity contribution in [3.63, 3.8) is 0 Å². The molecule has 0 aromatic rings. The first-order valence-electron chi connectivity index (χ1n) is 5.54. The second-order valence-corrected chi connectivity index (χ2v) is 4.86. The van der Waals surface area contributed by atoms with Crippen LogP contribution >= 0.6 is 0 Å².